The number of hydrogen-bond acceptors (Lipinski definition) is 1. The van der Waals surface area contributed by atoms with Gasteiger partial charge in [-0.15, -0.1) is 0 Å². The zero-order chi connectivity index (χ0) is 19.6. The van der Waals surface area contributed by atoms with Crippen molar-refractivity contribution in [3.8, 4) is 0 Å². The maximum Gasteiger partial charge on any atom is 0.0627 e. The second kappa shape index (κ2) is 7.83. The molecule has 0 amide bonds. The third-order valence-electron chi connectivity index (χ3n) is 9.07. The zero-order valence-corrected chi connectivity index (χ0v) is 21.7. The molecule has 0 N–H and O–H groups in total. The molecule has 0 aromatic carbocycles. The predicted molar refractivity (Wildman–Crippen MR) is 112 cm³/mol. The van der Waals surface area contributed by atoms with Crippen molar-refractivity contribution < 1.29 is 45.1 Å². The molecule has 0 spiro atoms. The van der Waals surface area contributed by atoms with Crippen LogP contribution in [0.15, 0.2) is 44.6 Å². The van der Waals surface area contributed by atoms with Crippen LogP contribution in [-0.4, -0.2) is 12.7 Å². The Labute approximate surface area is 199 Å². The number of allylic oxidation sites excluding steroid dienone is 8. The van der Waals surface area contributed by atoms with Gasteiger partial charge in [0.1, 0.15) is 0 Å². The Balaban J connectivity index is 0.00000261. The van der Waals surface area contributed by atoms with Crippen molar-refractivity contribution in [3.63, 3.8) is 0 Å². The van der Waals surface area contributed by atoms with Gasteiger partial charge >= 0.3 is 0 Å². The SMILES string of the molecule is CC1=C(C)C(C)(C(C2CCCO2)C2(C)C(C)=C(C)C(C)=C2C)C(C)=C1C.[Sm]. The topological polar surface area (TPSA) is 9.23 Å². The molecule has 0 aromatic heterocycles. The van der Waals surface area contributed by atoms with E-state index in [1.807, 2.05) is 0 Å². The van der Waals surface area contributed by atoms with Gasteiger partial charge in [0, 0.05) is 63.7 Å². The van der Waals surface area contributed by atoms with E-state index in [0.717, 1.165) is 6.61 Å². The summed E-state index contributed by atoms with van der Waals surface area (Å²) in [6, 6.07) is 0. The van der Waals surface area contributed by atoms with Gasteiger partial charge in [-0.25, -0.2) is 0 Å². The molecule has 1 unspecified atom stereocenters. The van der Waals surface area contributed by atoms with Crippen LogP contribution in [0.3, 0.4) is 0 Å². The quantitative estimate of drug-likeness (QED) is 0.396. The van der Waals surface area contributed by atoms with Crippen LogP contribution in [0.25, 0.3) is 0 Å². The van der Waals surface area contributed by atoms with Gasteiger partial charge in [-0.2, -0.15) is 0 Å². The molecule has 27 heavy (non-hydrogen) atoms. The molecule has 0 aromatic rings. The normalized spacial score (nSPS) is 27.4. The molecule has 3 rings (SSSR count). The van der Waals surface area contributed by atoms with Crippen LogP contribution in [-0.2, 0) is 4.74 Å². The number of ether oxygens (including phenoxy) is 1. The van der Waals surface area contributed by atoms with Crippen LogP contribution in [0.2, 0.25) is 0 Å². The minimum absolute atomic E-state index is 0. The Kier molecular flexibility index (Phi) is 6.82. The van der Waals surface area contributed by atoms with E-state index in [0.29, 0.717) is 12.0 Å². The summed E-state index contributed by atoms with van der Waals surface area (Å²) in [6.45, 7) is 24.6. The first-order valence-electron chi connectivity index (χ1n) is 10.3. The van der Waals surface area contributed by atoms with Gasteiger partial charge in [0.15, 0.2) is 0 Å². The fourth-order valence-electron chi connectivity index (χ4n) is 6.36. The first-order valence-corrected chi connectivity index (χ1v) is 10.3. The summed E-state index contributed by atoms with van der Waals surface area (Å²) >= 11 is 0. The number of rotatable bonds is 3. The standard InChI is InChI=1S/C25H38O.Sm/c1-14-15(2)19(6)24(9,18(14)5)23(22-12-11-13-26-22)25(10)20(7)16(3)17(4)21(25)8;/h22-23H,11-13H2,1-10H3;. The van der Waals surface area contributed by atoms with Crippen LogP contribution < -0.4 is 0 Å². The summed E-state index contributed by atoms with van der Waals surface area (Å²) in [5.41, 5.74) is 12.3. The van der Waals surface area contributed by atoms with E-state index in [2.05, 4.69) is 69.2 Å². The molecule has 1 heterocycles. The molecule has 3 aliphatic rings. The minimum Gasteiger partial charge on any atom is -0.378 e. The van der Waals surface area contributed by atoms with Gasteiger partial charge in [0.25, 0.3) is 0 Å². The van der Waals surface area contributed by atoms with Crippen molar-refractivity contribution in [1.29, 1.82) is 0 Å². The van der Waals surface area contributed by atoms with E-state index in [4.69, 9.17) is 4.74 Å². The Morgan fingerprint density at radius 1 is 0.704 bits per heavy atom. The minimum atomic E-state index is 0. The third-order valence-corrected chi connectivity index (χ3v) is 9.07. The Hall–Kier alpha value is 0.258. The molecule has 0 saturated carbocycles. The van der Waals surface area contributed by atoms with Crippen molar-refractivity contribution >= 4 is 0 Å². The Bertz CT molecular complexity index is 662. The summed E-state index contributed by atoms with van der Waals surface area (Å²) in [5.74, 6) is 0.442. The van der Waals surface area contributed by atoms with Crippen LogP contribution >= 0.6 is 0 Å². The summed E-state index contributed by atoms with van der Waals surface area (Å²) in [6.07, 6.45) is 2.71. The maximum atomic E-state index is 6.41. The summed E-state index contributed by atoms with van der Waals surface area (Å²) in [5, 5.41) is 0. The molecule has 150 valence electrons. The van der Waals surface area contributed by atoms with Crippen LogP contribution in [0.5, 0.6) is 0 Å². The average Bonchev–Trinajstić information content (AvgIpc) is 3.23. The maximum absolute atomic E-state index is 6.41. The van der Waals surface area contributed by atoms with E-state index >= 15 is 0 Å². The molecular weight excluding hydrogens is 467 g/mol. The van der Waals surface area contributed by atoms with Crippen molar-refractivity contribution in [2.24, 2.45) is 16.7 Å². The second-order valence-electron chi connectivity index (χ2n) is 9.43. The molecule has 1 saturated heterocycles. The first kappa shape index (κ1) is 23.5. The van der Waals surface area contributed by atoms with Crippen molar-refractivity contribution in [2.45, 2.75) is 88.2 Å². The smallest absolute Gasteiger partial charge is 0.0627 e. The average molecular weight is 505 g/mol. The molecule has 1 nitrogen and oxygen atoms in total. The summed E-state index contributed by atoms with van der Waals surface area (Å²) in [4.78, 5) is 0. The van der Waals surface area contributed by atoms with E-state index in [-0.39, 0.29) is 51.2 Å². The fourth-order valence-corrected chi connectivity index (χ4v) is 6.36. The fraction of sp³-hybridized carbons (Fsp3) is 0.680. The third kappa shape index (κ3) is 3.04. The number of hydrogen-bond donors (Lipinski definition) is 0. The Morgan fingerprint density at radius 3 is 1.30 bits per heavy atom. The van der Waals surface area contributed by atoms with Gasteiger partial charge in [-0.1, -0.05) is 36.1 Å². The summed E-state index contributed by atoms with van der Waals surface area (Å²) in [7, 11) is 0. The molecular formula is C25H38OSm. The van der Waals surface area contributed by atoms with E-state index in [9.17, 15) is 0 Å². The van der Waals surface area contributed by atoms with E-state index in [1.165, 1.54) is 35.1 Å². The van der Waals surface area contributed by atoms with E-state index < -0.39 is 0 Å². The van der Waals surface area contributed by atoms with E-state index in [1.54, 1.807) is 22.3 Å². The monoisotopic (exact) mass is 506 g/mol. The van der Waals surface area contributed by atoms with Crippen LogP contribution in [0.1, 0.15) is 82.1 Å². The zero-order valence-electron chi connectivity index (χ0n) is 19.1. The van der Waals surface area contributed by atoms with Gasteiger partial charge < -0.3 is 4.74 Å². The van der Waals surface area contributed by atoms with Crippen LogP contribution in [0.4, 0.5) is 0 Å². The molecule has 0 bridgehead atoms. The van der Waals surface area contributed by atoms with Gasteiger partial charge in [0.2, 0.25) is 0 Å². The molecule has 2 heteroatoms. The van der Waals surface area contributed by atoms with Crippen molar-refractivity contribution in [1.82, 2.24) is 0 Å². The largest absolute Gasteiger partial charge is 0.378 e. The summed E-state index contributed by atoms with van der Waals surface area (Å²) < 4.78 is 6.41. The molecule has 1 atom stereocenters. The predicted octanol–water partition coefficient (Wildman–Crippen LogP) is 7.17. The van der Waals surface area contributed by atoms with Crippen molar-refractivity contribution in [2.75, 3.05) is 6.61 Å². The molecule has 2 aliphatic carbocycles. The second-order valence-corrected chi connectivity index (χ2v) is 9.43. The van der Waals surface area contributed by atoms with Gasteiger partial charge in [-0.05, 0) is 90.5 Å². The first-order chi connectivity index (χ1) is 12.0. The molecule has 1 fully saturated rings. The van der Waals surface area contributed by atoms with Crippen molar-refractivity contribution in [3.05, 3.63) is 44.6 Å². The Morgan fingerprint density at radius 2 is 1.04 bits per heavy atom. The molecule has 1 aliphatic heterocycles. The van der Waals surface area contributed by atoms with Gasteiger partial charge in [0.05, 0.1) is 6.10 Å². The molecule has 0 radical (unpaired) electrons. The van der Waals surface area contributed by atoms with Crippen LogP contribution in [0, 0.1) is 57.1 Å². The van der Waals surface area contributed by atoms with Gasteiger partial charge in [-0.3, -0.25) is 0 Å².